The lowest BCUT2D eigenvalue weighted by Crippen LogP contribution is -2.01. The van der Waals surface area contributed by atoms with Crippen molar-refractivity contribution in [2.24, 2.45) is 0 Å². The molecule has 0 saturated carbocycles. The molecule has 0 saturated heterocycles. The first-order chi connectivity index (χ1) is 12.2. The Kier molecular flexibility index (Phi) is 12.0. The summed E-state index contributed by atoms with van der Waals surface area (Å²) in [5.41, 5.74) is 1.09. The predicted octanol–water partition coefficient (Wildman–Crippen LogP) is 6.42. The molecule has 3 heteroatoms. The summed E-state index contributed by atoms with van der Waals surface area (Å²) >= 11 is 0. The smallest absolute Gasteiger partial charge is 0.342 e. The van der Waals surface area contributed by atoms with Crippen LogP contribution in [0.1, 0.15) is 104 Å². The van der Waals surface area contributed by atoms with Gasteiger partial charge in [0.1, 0.15) is 0 Å². The molecule has 142 valence electrons. The maximum atomic E-state index is 11.5. The number of carbonyl (C=O) groups excluding carboxylic acids is 2. The van der Waals surface area contributed by atoms with E-state index in [1.165, 1.54) is 70.6 Å². The van der Waals surface area contributed by atoms with Crippen LogP contribution in [0.2, 0.25) is 0 Å². The summed E-state index contributed by atoms with van der Waals surface area (Å²) in [5.74, 6) is -0.897. The zero-order chi connectivity index (χ0) is 18.3. The fourth-order valence-electron chi connectivity index (χ4n) is 3.16. The average Bonchev–Trinajstić information content (AvgIpc) is 2.84. The van der Waals surface area contributed by atoms with E-state index in [-0.39, 0.29) is 0 Å². The Bertz CT molecular complexity index is 460. The van der Waals surface area contributed by atoms with E-state index in [9.17, 15) is 9.59 Å². The molecule has 0 atom stereocenters. The number of allylic oxidation sites excluding steroid dienone is 2. The van der Waals surface area contributed by atoms with E-state index < -0.39 is 11.9 Å². The Balaban J connectivity index is 1.88. The van der Waals surface area contributed by atoms with Crippen LogP contribution in [0.25, 0.3) is 0 Å². The summed E-state index contributed by atoms with van der Waals surface area (Å²) in [6.07, 6.45) is 21.7. The normalized spacial score (nSPS) is 14.8. The lowest BCUT2D eigenvalue weighted by molar-refractivity contribution is -0.151. The van der Waals surface area contributed by atoms with Gasteiger partial charge in [-0.15, -0.1) is 0 Å². The van der Waals surface area contributed by atoms with Crippen molar-refractivity contribution in [2.75, 3.05) is 0 Å². The van der Waals surface area contributed by atoms with Crippen LogP contribution in [-0.4, -0.2) is 11.9 Å². The molecule has 0 aromatic heterocycles. The highest BCUT2D eigenvalue weighted by atomic mass is 16.6. The second-order valence-electron chi connectivity index (χ2n) is 7.11. The van der Waals surface area contributed by atoms with Crippen LogP contribution in [0.5, 0.6) is 0 Å². The van der Waals surface area contributed by atoms with Gasteiger partial charge in [-0.05, 0) is 45.4 Å². The molecule has 0 amide bonds. The molecule has 0 N–H and O–H groups in total. The summed E-state index contributed by atoms with van der Waals surface area (Å²) in [5, 5.41) is 0. The van der Waals surface area contributed by atoms with Gasteiger partial charge < -0.3 is 4.74 Å². The molecule has 0 radical (unpaired) electrons. The van der Waals surface area contributed by atoms with E-state index >= 15 is 0 Å². The molecule has 0 aromatic rings. The Morgan fingerprint density at radius 2 is 1.24 bits per heavy atom. The molecule has 0 spiro atoms. The van der Waals surface area contributed by atoms with Crippen LogP contribution in [0, 0.1) is 0 Å². The molecular formula is C22H36O3. The van der Waals surface area contributed by atoms with Crippen LogP contribution in [0.3, 0.4) is 0 Å². The number of cyclic esters (lactones) is 2. The van der Waals surface area contributed by atoms with E-state index in [0.29, 0.717) is 17.6 Å². The first kappa shape index (κ1) is 21.7. The van der Waals surface area contributed by atoms with Gasteiger partial charge in [0.25, 0.3) is 0 Å². The first-order valence-corrected chi connectivity index (χ1v) is 10.3. The predicted molar refractivity (Wildman–Crippen MR) is 103 cm³/mol. The van der Waals surface area contributed by atoms with Crippen LogP contribution in [0.15, 0.2) is 23.3 Å². The van der Waals surface area contributed by atoms with Gasteiger partial charge in [-0.2, -0.15) is 0 Å². The molecule has 1 rings (SSSR count). The van der Waals surface area contributed by atoms with Gasteiger partial charge in [0.2, 0.25) is 0 Å². The van der Waals surface area contributed by atoms with Gasteiger partial charge in [0.05, 0.1) is 0 Å². The highest BCUT2D eigenvalue weighted by Gasteiger charge is 2.28. The van der Waals surface area contributed by atoms with Gasteiger partial charge in [-0.1, -0.05) is 70.4 Å². The fourth-order valence-corrected chi connectivity index (χ4v) is 3.16. The molecule has 0 aliphatic carbocycles. The van der Waals surface area contributed by atoms with Crippen molar-refractivity contribution in [3.63, 3.8) is 0 Å². The standard InChI is InChI=1S/C22H36O3/c1-3-4-5-6-7-8-9-10-11-12-13-14-15-16-17-18-20-19(2)21(23)25-22(20)24/h10-11H,3-9,12-18H2,1-2H3/b11-10-. The summed E-state index contributed by atoms with van der Waals surface area (Å²) in [6.45, 7) is 3.94. The van der Waals surface area contributed by atoms with Crippen molar-refractivity contribution in [1.82, 2.24) is 0 Å². The minimum absolute atomic E-state index is 0.432. The topological polar surface area (TPSA) is 43.4 Å². The Hall–Kier alpha value is -1.38. The number of hydrogen-bond acceptors (Lipinski definition) is 3. The number of hydrogen-bond donors (Lipinski definition) is 0. The minimum atomic E-state index is -0.465. The molecular weight excluding hydrogens is 312 g/mol. The van der Waals surface area contributed by atoms with Gasteiger partial charge in [0, 0.05) is 11.1 Å². The van der Waals surface area contributed by atoms with Crippen molar-refractivity contribution >= 4 is 11.9 Å². The fraction of sp³-hybridized carbons (Fsp3) is 0.727. The number of carbonyl (C=O) groups is 2. The van der Waals surface area contributed by atoms with E-state index in [2.05, 4.69) is 23.8 Å². The maximum absolute atomic E-state index is 11.5. The monoisotopic (exact) mass is 348 g/mol. The Morgan fingerprint density at radius 3 is 1.76 bits per heavy atom. The summed E-state index contributed by atoms with van der Waals surface area (Å²) in [4.78, 5) is 22.7. The van der Waals surface area contributed by atoms with Crippen molar-refractivity contribution < 1.29 is 14.3 Å². The number of ether oxygens (including phenoxy) is 1. The van der Waals surface area contributed by atoms with Crippen molar-refractivity contribution in [3.8, 4) is 0 Å². The second kappa shape index (κ2) is 13.9. The van der Waals surface area contributed by atoms with Crippen molar-refractivity contribution in [2.45, 2.75) is 104 Å². The molecule has 25 heavy (non-hydrogen) atoms. The molecule has 0 unspecified atom stereocenters. The zero-order valence-electron chi connectivity index (χ0n) is 16.3. The number of rotatable bonds is 15. The molecule has 0 bridgehead atoms. The molecule has 1 aliphatic heterocycles. The van der Waals surface area contributed by atoms with Crippen LogP contribution in [0.4, 0.5) is 0 Å². The van der Waals surface area contributed by atoms with Gasteiger partial charge in [-0.25, -0.2) is 9.59 Å². The summed E-state index contributed by atoms with van der Waals surface area (Å²) in [6, 6.07) is 0. The third-order valence-corrected chi connectivity index (χ3v) is 4.88. The van der Waals surface area contributed by atoms with E-state index in [1.807, 2.05) is 0 Å². The molecule has 0 fully saturated rings. The summed E-state index contributed by atoms with van der Waals surface area (Å²) in [7, 11) is 0. The Labute approximate surface area is 153 Å². The number of unbranched alkanes of at least 4 members (excludes halogenated alkanes) is 11. The van der Waals surface area contributed by atoms with Gasteiger partial charge >= 0.3 is 11.9 Å². The first-order valence-electron chi connectivity index (χ1n) is 10.3. The van der Waals surface area contributed by atoms with Gasteiger partial charge in [-0.3, -0.25) is 0 Å². The SMILES string of the molecule is CCCCCCCC/C=C\CCCCCCCC1=C(C)C(=O)OC1=O. The lowest BCUT2D eigenvalue weighted by Gasteiger charge is -2.01. The van der Waals surface area contributed by atoms with Crippen molar-refractivity contribution in [3.05, 3.63) is 23.3 Å². The Morgan fingerprint density at radius 1 is 0.720 bits per heavy atom. The van der Waals surface area contributed by atoms with E-state index in [1.54, 1.807) is 6.92 Å². The van der Waals surface area contributed by atoms with Gasteiger partial charge in [0.15, 0.2) is 0 Å². The molecule has 0 aromatic carbocycles. The second-order valence-corrected chi connectivity index (χ2v) is 7.11. The highest BCUT2D eigenvalue weighted by Crippen LogP contribution is 2.22. The van der Waals surface area contributed by atoms with Crippen LogP contribution >= 0.6 is 0 Å². The summed E-state index contributed by atoms with van der Waals surface area (Å²) < 4.78 is 4.60. The van der Waals surface area contributed by atoms with E-state index in [0.717, 1.165) is 12.8 Å². The third kappa shape index (κ3) is 9.62. The quantitative estimate of drug-likeness (QED) is 0.148. The van der Waals surface area contributed by atoms with E-state index in [4.69, 9.17) is 0 Å². The lowest BCUT2D eigenvalue weighted by atomic mass is 10.0. The maximum Gasteiger partial charge on any atom is 0.342 e. The molecule has 3 nitrogen and oxygen atoms in total. The number of esters is 2. The minimum Gasteiger partial charge on any atom is -0.386 e. The van der Waals surface area contributed by atoms with Crippen LogP contribution < -0.4 is 0 Å². The van der Waals surface area contributed by atoms with Crippen LogP contribution in [-0.2, 0) is 14.3 Å². The highest BCUT2D eigenvalue weighted by molar-refractivity contribution is 6.11. The molecule has 1 aliphatic rings. The largest absolute Gasteiger partial charge is 0.386 e. The zero-order valence-corrected chi connectivity index (χ0v) is 16.3. The third-order valence-electron chi connectivity index (χ3n) is 4.88. The molecule has 1 heterocycles. The van der Waals surface area contributed by atoms with Crippen molar-refractivity contribution in [1.29, 1.82) is 0 Å². The average molecular weight is 349 g/mol.